The van der Waals surface area contributed by atoms with Crippen LogP contribution in [-0.4, -0.2) is 35.7 Å². The number of halogens is 1. The number of benzene rings is 1. The zero-order valence-electron chi connectivity index (χ0n) is 12.1. The van der Waals surface area contributed by atoms with Crippen LogP contribution in [0.25, 0.3) is 0 Å². The SMILES string of the molecule is CCN(C[C@H]1CC(c2ccc(Cl)cc2)=NO1)C(=O)C1CC1. The normalized spacial score (nSPS) is 20.9. The summed E-state index contributed by atoms with van der Waals surface area (Å²) >= 11 is 5.89. The molecule has 1 amide bonds. The zero-order valence-corrected chi connectivity index (χ0v) is 12.8. The third kappa shape index (κ3) is 3.38. The van der Waals surface area contributed by atoms with Gasteiger partial charge in [0.15, 0.2) is 6.10 Å². The fourth-order valence-electron chi connectivity index (χ4n) is 2.55. The van der Waals surface area contributed by atoms with E-state index in [1.165, 1.54) is 0 Å². The summed E-state index contributed by atoms with van der Waals surface area (Å²) in [6, 6.07) is 7.59. The molecule has 5 heteroatoms. The van der Waals surface area contributed by atoms with Crippen molar-refractivity contribution in [1.82, 2.24) is 4.90 Å². The molecule has 1 aromatic rings. The lowest BCUT2D eigenvalue weighted by Gasteiger charge is -2.23. The van der Waals surface area contributed by atoms with Gasteiger partial charge in [0.25, 0.3) is 0 Å². The smallest absolute Gasteiger partial charge is 0.225 e. The fourth-order valence-corrected chi connectivity index (χ4v) is 2.67. The van der Waals surface area contributed by atoms with Gasteiger partial charge in [-0.2, -0.15) is 0 Å². The molecular formula is C16H19ClN2O2. The Kier molecular flexibility index (Phi) is 4.15. The molecule has 0 radical (unpaired) electrons. The second kappa shape index (κ2) is 6.06. The molecule has 0 saturated heterocycles. The van der Waals surface area contributed by atoms with Crippen molar-refractivity contribution in [3.8, 4) is 0 Å². The van der Waals surface area contributed by atoms with Crippen LogP contribution < -0.4 is 0 Å². The quantitative estimate of drug-likeness (QED) is 0.839. The van der Waals surface area contributed by atoms with Crippen molar-refractivity contribution in [2.45, 2.75) is 32.3 Å². The maximum Gasteiger partial charge on any atom is 0.225 e. The largest absolute Gasteiger partial charge is 0.390 e. The van der Waals surface area contributed by atoms with Crippen LogP contribution in [0.5, 0.6) is 0 Å². The summed E-state index contributed by atoms with van der Waals surface area (Å²) in [6.07, 6.45) is 2.76. The first kappa shape index (κ1) is 14.4. The van der Waals surface area contributed by atoms with Crippen LogP contribution in [0.3, 0.4) is 0 Å². The Balaban J connectivity index is 1.57. The molecule has 4 nitrogen and oxygen atoms in total. The highest BCUT2D eigenvalue weighted by molar-refractivity contribution is 6.30. The van der Waals surface area contributed by atoms with Crippen LogP contribution in [0.4, 0.5) is 0 Å². The number of likely N-dealkylation sites (N-methyl/N-ethyl adjacent to an activating group) is 1. The summed E-state index contributed by atoms with van der Waals surface area (Å²) in [7, 11) is 0. The maximum atomic E-state index is 12.1. The van der Waals surface area contributed by atoms with E-state index in [0.29, 0.717) is 11.6 Å². The topological polar surface area (TPSA) is 41.9 Å². The maximum absolute atomic E-state index is 12.1. The number of rotatable bonds is 5. The van der Waals surface area contributed by atoms with E-state index in [-0.39, 0.29) is 17.9 Å². The molecule has 1 aliphatic heterocycles. The number of hydrogen-bond acceptors (Lipinski definition) is 3. The van der Waals surface area contributed by atoms with E-state index in [1.54, 1.807) is 0 Å². The van der Waals surface area contributed by atoms with E-state index in [9.17, 15) is 4.79 Å². The molecule has 0 bridgehead atoms. The average Bonchev–Trinajstić information content (AvgIpc) is 3.24. The molecule has 0 aromatic heterocycles. The number of hydrogen-bond donors (Lipinski definition) is 0. The number of carbonyl (C=O) groups is 1. The lowest BCUT2D eigenvalue weighted by Crippen LogP contribution is -2.38. The van der Waals surface area contributed by atoms with E-state index in [0.717, 1.165) is 37.1 Å². The van der Waals surface area contributed by atoms with Crippen molar-refractivity contribution in [3.63, 3.8) is 0 Å². The van der Waals surface area contributed by atoms with Gasteiger partial charge in [-0.05, 0) is 37.5 Å². The summed E-state index contributed by atoms with van der Waals surface area (Å²) in [4.78, 5) is 19.5. The predicted octanol–water partition coefficient (Wildman–Crippen LogP) is 3.09. The molecule has 21 heavy (non-hydrogen) atoms. The minimum atomic E-state index is -0.0432. The highest BCUT2D eigenvalue weighted by atomic mass is 35.5. The average molecular weight is 307 g/mol. The van der Waals surface area contributed by atoms with Gasteiger partial charge in [0.1, 0.15) is 0 Å². The molecule has 2 aliphatic rings. The molecule has 0 unspecified atom stereocenters. The van der Waals surface area contributed by atoms with Crippen molar-refractivity contribution < 1.29 is 9.63 Å². The first-order chi connectivity index (χ1) is 10.2. The van der Waals surface area contributed by atoms with Crippen LogP contribution in [0.15, 0.2) is 29.4 Å². The molecule has 0 spiro atoms. The van der Waals surface area contributed by atoms with Crippen molar-refractivity contribution in [2.24, 2.45) is 11.1 Å². The highest BCUT2D eigenvalue weighted by Crippen LogP contribution is 2.31. The Morgan fingerprint density at radius 1 is 1.38 bits per heavy atom. The van der Waals surface area contributed by atoms with Crippen molar-refractivity contribution in [1.29, 1.82) is 0 Å². The van der Waals surface area contributed by atoms with Crippen LogP contribution in [0, 0.1) is 5.92 Å². The van der Waals surface area contributed by atoms with Crippen LogP contribution in [0.1, 0.15) is 31.7 Å². The zero-order chi connectivity index (χ0) is 14.8. The summed E-state index contributed by atoms with van der Waals surface area (Å²) in [5.74, 6) is 0.518. The first-order valence-corrected chi connectivity index (χ1v) is 7.82. The molecule has 1 saturated carbocycles. The van der Waals surface area contributed by atoms with Crippen LogP contribution >= 0.6 is 11.6 Å². The third-order valence-electron chi connectivity index (χ3n) is 3.95. The number of oxime groups is 1. The van der Waals surface area contributed by atoms with Gasteiger partial charge in [-0.15, -0.1) is 0 Å². The van der Waals surface area contributed by atoms with Gasteiger partial charge in [0.2, 0.25) is 5.91 Å². The number of nitrogens with zero attached hydrogens (tertiary/aromatic N) is 2. The van der Waals surface area contributed by atoms with Crippen molar-refractivity contribution >= 4 is 23.2 Å². The molecule has 112 valence electrons. The van der Waals surface area contributed by atoms with E-state index >= 15 is 0 Å². The standard InChI is InChI=1S/C16H19ClN2O2/c1-2-19(16(20)12-3-4-12)10-14-9-15(18-21-14)11-5-7-13(17)8-6-11/h5-8,12,14H,2-4,9-10H2,1H3/t14-/m1/s1. The molecule has 1 aliphatic carbocycles. The van der Waals surface area contributed by atoms with E-state index in [2.05, 4.69) is 5.16 Å². The molecule has 3 rings (SSSR count). The van der Waals surface area contributed by atoms with Gasteiger partial charge in [0, 0.05) is 23.9 Å². The van der Waals surface area contributed by atoms with E-state index in [1.807, 2.05) is 36.1 Å². The first-order valence-electron chi connectivity index (χ1n) is 7.44. The summed E-state index contributed by atoms with van der Waals surface area (Å²) < 4.78 is 0. The van der Waals surface area contributed by atoms with E-state index in [4.69, 9.17) is 16.4 Å². The second-order valence-corrected chi connectivity index (χ2v) is 6.06. The molecule has 1 heterocycles. The predicted molar refractivity (Wildman–Crippen MR) is 82.5 cm³/mol. The monoisotopic (exact) mass is 306 g/mol. The molecule has 1 fully saturated rings. The summed E-state index contributed by atoms with van der Waals surface area (Å²) in [6.45, 7) is 3.36. The minimum Gasteiger partial charge on any atom is -0.390 e. The molecule has 0 N–H and O–H groups in total. The molecule has 1 atom stereocenters. The van der Waals surface area contributed by atoms with Crippen molar-refractivity contribution in [2.75, 3.05) is 13.1 Å². The lowest BCUT2D eigenvalue weighted by molar-refractivity contribution is -0.134. The minimum absolute atomic E-state index is 0.0432. The number of amides is 1. The van der Waals surface area contributed by atoms with Gasteiger partial charge in [-0.25, -0.2) is 0 Å². The Morgan fingerprint density at radius 2 is 2.10 bits per heavy atom. The Morgan fingerprint density at radius 3 is 2.71 bits per heavy atom. The second-order valence-electron chi connectivity index (χ2n) is 5.63. The molecule has 1 aromatic carbocycles. The lowest BCUT2D eigenvalue weighted by atomic mass is 10.0. The molecular weight excluding hydrogens is 288 g/mol. The van der Waals surface area contributed by atoms with Gasteiger partial charge in [-0.1, -0.05) is 28.9 Å². The van der Waals surface area contributed by atoms with Crippen molar-refractivity contribution in [3.05, 3.63) is 34.9 Å². The Labute approximate surface area is 129 Å². The van der Waals surface area contributed by atoms with Gasteiger partial charge in [0.05, 0.1) is 12.3 Å². The van der Waals surface area contributed by atoms with Gasteiger partial charge >= 0.3 is 0 Å². The Bertz CT molecular complexity index is 552. The summed E-state index contributed by atoms with van der Waals surface area (Å²) in [5, 5.41) is 4.87. The van der Waals surface area contributed by atoms with Gasteiger partial charge < -0.3 is 9.74 Å². The Hall–Kier alpha value is -1.55. The van der Waals surface area contributed by atoms with Crippen LogP contribution in [0.2, 0.25) is 5.02 Å². The third-order valence-corrected chi connectivity index (χ3v) is 4.21. The fraction of sp³-hybridized carbons (Fsp3) is 0.500. The summed E-state index contributed by atoms with van der Waals surface area (Å²) in [5.41, 5.74) is 1.95. The van der Waals surface area contributed by atoms with Gasteiger partial charge in [-0.3, -0.25) is 4.79 Å². The highest BCUT2D eigenvalue weighted by Gasteiger charge is 2.34. The van der Waals surface area contributed by atoms with Crippen LogP contribution in [-0.2, 0) is 9.63 Å². The van der Waals surface area contributed by atoms with E-state index < -0.39 is 0 Å². The number of carbonyl (C=O) groups excluding carboxylic acids is 1.